The van der Waals surface area contributed by atoms with E-state index in [1.54, 1.807) is 24.5 Å². The SMILES string of the molecule is CC(C)Oc1ccc(CNC(=O)CCn2cnc3cc(S(=O)(=O)N(C)C)ccc32)cc1. The summed E-state index contributed by atoms with van der Waals surface area (Å²) in [6, 6.07) is 12.5. The summed E-state index contributed by atoms with van der Waals surface area (Å²) < 4.78 is 33.2. The lowest BCUT2D eigenvalue weighted by atomic mass is 10.2. The summed E-state index contributed by atoms with van der Waals surface area (Å²) in [5.41, 5.74) is 2.35. The van der Waals surface area contributed by atoms with Crippen molar-refractivity contribution in [2.45, 2.75) is 44.4 Å². The number of nitrogens with one attached hydrogen (secondary N) is 1. The van der Waals surface area contributed by atoms with Gasteiger partial charge in [0.1, 0.15) is 5.75 Å². The van der Waals surface area contributed by atoms with Gasteiger partial charge >= 0.3 is 0 Å². The summed E-state index contributed by atoms with van der Waals surface area (Å²) in [6.45, 7) is 4.84. The third-order valence-corrected chi connectivity index (χ3v) is 6.55. The molecule has 31 heavy (non-hydrogen) atoms. The number of imidazole rings is 1. The number of benzene rings is 2. The quantitative estimate of drug-likeness (QED) is 0.548. The Bertz CT molecular complexity index is 1150. The van der Waals surface area contributed by atoms with Crippen LogP contribution in [0.15, 0.2) is 53.7 Å². The predicted octanol–water partition coefficient (Wildman–Crippen LogP) is 2.78. The van der Waals surface area contributed by atoms with Crippen LogP contribution in [0.2, 0.25) is 0 Å². The Morgan fingerprint density at radius 1 is 1.16 bits per heavy atom. The summed E-state index contributed by atoms with van der Waals surface area (Å²) in [6.07, 6.45) is 2.03. The molecule has 8 nitrogen and oxygen atoms in total. The van der Waals surface area contributed by atoms with Gasteiger partial charge in [-0.3, -0.25) is 4.79 Å². The summed E-state index contributed by atoms with van der Waals surface area (Å²) >= 11 is 0. The van der Waals surface area contributed by atoms with Crippen molar-refractivity contribution in [2.75, 3.05) is 14.1 Å². The fourth-order valence-corrected chi connectivity index (χ4v) is 3.98. The monoisotopic (exact) mass is 444 g/mol. The van der Waals surface area contributed by atoms with E-state index in [9.17, 15) is 13.2 Å². The van der Waals surface area contributed by atoms with E-state index in [2.05, 4.69) is 10.3 Å². The number of carbonyl (C=O) groups is 1. The number of amides is 1. The van der Waals surface area contributed by atoms with E-state index in [4.69, 9.17) is 4.74 Å². The highest BCUT2D eigenvalue weighted by atomic mass is 32.2. The van der Waals surface area contributed by atoms with E-state index in [-0.39, 0.29) is 23.3 Å². The molecule has 0 saturated carbocycles. The highest BCUT2D eigenvalue weighted by molar-refractivity contribution is 7.89. The molecule has 1 heterocycles. The smallest absolute Gasteiger partial charge is 0.242 e. The number of nitrogens with zero attached hydrogens (tertiary/aromatic N) is 3. The van der Waals surface area contributed by atoms with Gasteiger partial charge in [-0.25, -0.2) is 17.7 Å². The Balaban J connectivity index is 1.56. The first kappa shape index (κ1) is 22.8. The second kappa shape index (κ2) is 9.49. The number of fused-ring (bicyclic) bond motifs is 1. The second-order valence-corrected chi connectivity index (χ2v) is 9.87. The minimum atomic E-state index is -3.52. The van der Waals surface area contributed by atoms with Gasteiger partial charge in [0.25, 0.3) is 0 Å². The summed E-state index contributed by atoms with van der Waals surface area (Å²) in [7, 11) is -0.534. The number of hydrogen-bond acceptors (Lipinski definition) is 5. The van der Waals surface area contributed by atoms with Crippen molar-refractivity contribution in [3.63, 3.8) is 0 Å². The number of aryl methyl sites for hydroxylation is 1. The first-order chi connectivity index (χ1) is 14.7. The number of ether oxygens (including phenoxy) is 1. The highest BCUT2D eigenvalue weighted by Gasteiger charge is 2.18. The van der Waals surface area contributed by atoms with E-state index in [1.807, 2.05) is 42.7 Å². The van der Waals surface area contributed by atoms with Crippen molar-refractivity contribution < 1.29 is 17.9 Å². The molecule has 9 heteroatoms. The number of rotatable bonds is 9. The number of sulfonamides is 1. The molecule has 1 aromatic heterocycles. The lowest BCUT2D eigenvalue weighted by Gasteiger charge is -2.11. The van der Waals surface area contributed by atoms with E-state index in [0.717, 1.165) is 16.8 Å². The molecule has 0 aliphatic heterocycles. The van der Waals surface area contributed by atoms with Crippen LogP contribution in [0.1, 0.15) is 25.8 Å². The number of aromatic nitrogens is 2. The van der Waals surface area contributed by atoms with Crippen LogP contribution in [0.25, 0.3) is 11.0 Å². The lowest BCUT2D eigenvalue weighted by molar-refractivity contribution is -0.121. The molecule has 0 bridgehead atoms. The van der Waals surface area contributed by atoms with Gasteiger partial charge in [-0.1, -0.05) is 12.1 Å². The van der Waals surface area contributed by atoms with Crippen LogP contribution in [0.5, 0.6) is 5.75 Å². The molecular weight excluding hydrogens is 416 g/mol. The molecule has 0 spiro atoms. The van der Waals surface area contributed by atoms with Crippen molar-refractivity contribution in [1.29, 1.82) is 0 Å². The van der Waals surface area contributed by atoms with Crippen LogP contribution in [0, 0.1) is 0 Å². The Kier molecular flexibility index (Phi) is 6.97. The predicted molar refractivity (Wildman–Crippen MR) is 119 cm³/mol. The van der Waals surface area contributed by atoms with Gasteiger partial charge < -0.3 is 14.6 Å². The van der Waals surface area contributed by atoms with Crippen LogP contribution in [-0.4, -0.2) is 48.4 Å². The normalized spacial score (nSPS) is 11.9. The van der Waals surface area contributed by atoms with Gasteiger partial charge in [0.05, 0.1) is 28.4 Å². The van der Waals surface area contributed by atoms with Crippen LogP contribution in [-0.2, 0) is 27.9 Å². The molecule has 0 saturated heterocycles. The highest BCUT2D eigenvalue weighted by Crippen LogP contribution is 2.20. The molecule has 1 N–H and O–H groups in total. The maximum absolute atomic E-state index is 12.3. The van der Waals surface area contributed by atoms with E-state index in [1.165, 1.54) is 18.4 Å². The van der Waals surface area contributed by atoms with Gasteiger partial charge in [-0.15, -0.1) is 0 Å². The molecule has 2 aromatic carbocycles. The standard InChI is InChI=1S/C22H28N4O4S/c1-16(2)30-18-7-5-17(6-8-18)14-23-22(27)11-12-26-15-24-20-13-19(9-10-21(20)26)31(28,29)25(3)4/h5-10,13,15-16H,11-12,14H2,1-4H3,(H,23,27). The molecular formula is C22H28N4O4S. The molecule has 0 radical (unpaired) electrons. The topological polar surface area (TPSA) is 93.5 Å². The van der Waals surface area contributed by atoms with Crippen LogP contribution in [0.3, 0.4) is 0 Å². The summed E-state index contributed by atoms with van der Waals surface area (Å²) in [5, 5.41) is 2.91. The average Bonchev–Trinajstić information content (AvgIpc) is 3.13. The van der Waals surface area contributed by atoms with Crippen LogP contribution >= 0.6 is 0 Å². The molecule has 0 fully saturated rings. The zero-order valence-corrected chi connectivity index (χ0v) is 19.0. The largest absolute Gasteiger partial charge is 0.491 e. The fourth-order valence-electron chi connectivity index (χ4n) is 3.06. The maximum atomic E-state index is 12.3. The Labute approximate surface area is 182 Å². The van der Waals surface area contributed by atoms with Crippen molar-refractivity contribution in [2.24, 2.45) is 0 Å². The molecule has 3 aromatic rings. The Morgan fingerprint density at radius 2 is 1.87 bits per heavy atom. The molecule has 0 atom stereocenters. The van der Waals surface area contributed by atoms with Crippen LogP contribution < -0.4 is 10.1 Å². The Morgan fingerprint density at radius 3 is 2.52 bits per heavy atom. The third kappa shape index (κ3) is 5.62. The zero-order valence-electron chi connectivity index (χ0n) is 18.2. The molecule has 0 aliphatic carbocycles. The minimum absolute atomic E-state index is 0.0730. The molecule has 3 rings (SSSR count). The Hall–Kier alpha value is -2.91. The van der Waals surface area contributed by atoms with Gasteiger partial charge in [0.15, 0.2) is 0 Å². The van der Waals surface area contributed by atoms with Crippen molar-refractivity contribution in [3.05, 3.63) is 54.4 Å². The summed E-state index contributed by atoms with van der Waals surface area (Å²) in [4.78, 5) is 16.7. The fraction of sp³-hybridized carbons (Fsp3) is 0.364. The molecule has 1 amide bonds. The minimum Gasteiger partial charge on any atom is -0.491 e. The van der Waals surface area contributed by atoms with Crippen molar-refractivity contribution >= 4 is 27.0 Å². The van der Waals surface area contributed by atoms with Gasteiger partial charge in [-0.05, 0) is 49.7 Å². The van der Waals surface area contributed by atoms with E-state index < -0.39 is 10.0 Å². The van der Waals surface area contributed by atoms with Crippen LogP contribution in [0.4, 0.5) is 0 Å². The number of hydrogen-bond donors (Lipinski definition) is 1. The zero-order chi connectivity index (χ0) is 22.6. The van der Waals surface area contributed by atoms with Crippen molar-refractivity contribution in [3.8, 4) is 5.75 Å². The summed E-state index contributed by atoms with van der Waals surface area (Å²) in [5.74, 6) is 0.731. The van der Waals surface area contributed by atoms with E-state index >= 15 is 0 Å². The third-order valence-electron chi connectivity index (χ3n) is 4.74. The first-order valence-electron chi connectivity index (χ1n) is 10.1. The molecule has 0 aliphatic rings. The lowest BCUT2D eigenvalue weighted by Crippen LogP contribution is -2.23. The van der Waals surface area contributed by atoms with Crippen molar-refractivity contribution in [1.82, 2.24) is 19.2 Å². The second-order valence-electron chi connectivity index (χ2n) is 7.71. The number of carbonyl (C=O) groups excluding carboxylic acids is 1. The first-order valence-corrected chi connectivity index (χ1v) is 11.5. The average molecular weight is 445 g/mol. The van der Waals surface area contributed by atoms with Gasteiger partial charge in [-0.2, -0.15) is 0 Å². The van der Waals surface area contributed by atoms with E-state index in [0.29, 0.717) is 18.6 Å². The van der Waals surface area contributed by atoms with Gasteiger partial charge in [0.2, 0.25) is 15.9 Å². The maximum Gasteiger partial charge on any atom is 0.242 e. The molecule has 0 unspecified atom stereocenters. The van der Waals surface area contributed by atoms with Gasteiger partial charge in [0, 0.05) is 33.6 Å². The molecule has 166 valence electrons.